The van der Waals surface area contributed by atoms with E-state index in [0.717, 1.165) is 26.9 Å². The van der Waals surface area contributed by atoms with E-state index in [2.05, 4.69) is 15.3 Å². The number of benzene rings is 2. The number of ether oxygens (including phenoxy) is 1. The van der Waals surface area contributed by atoms with Crippen LogP contribution in [0.15, 0.2) is 34.7 Å². The summed E-state index contributed by atoms with van der Waals surface area (Å²) in [5, 5.41) is 3.79. The third-order valence-electron chi connectivity index (χ3n) is 3.53. The molecular weight excluding hydrogens is 312 g/mol. The number of methoxy groups -OCH3 is 1. The fraction of sp³-hybridized carbons (Fsp3) is 0.125. The lowest BCUT2D eigenvalue weighted by molar-refractivity contribution is 0.419. The highest BCUT2D eigenvalue weighted by atomic mass is 32.1. The average Bonchev–Trinajstić information content (AvgIpc) is 3.10. The fourth-order valence-corrected chi connectivity index (χ4v) is 3.38. The maximum atomic E-state index is 5.88. The van der Waals surface area contributed by atoms with Gasteiger partial charge in [0.1, 0.15) is 16.8 Å². The smallest absolute Gasteiger partial charge is 0.302 e. The summed E-state index contributed by atoms with van der Waals surface area (Å²) in [7, 11) is 1.60. The van der Waals surface area contributed by atoms with Gasteiger partial charge in [-0.25, -0.2) is 4.98 Å². The summed E-state index contributed by atoms with van der Waals surface area (Å²) in [5.41, 5.74) is 9.92. The second-order valence-electron chi connectivity index (χ2n) is 5.16. The van der Waals surface area contributed by atoms with E-state index in [1.165, 1.54) is 11.3 Å². The van der Waals surface area contributed by atoms with Crippen molar-refractivity contribution < 1.29 is 9.15 Å². The topological polar surface area (TPSA) is 86.2 Å². The minimum absolute atomic E-state index is 0.417. The Morgan fingerprint density at radius 1 is 1.26 bits per heavy atom. The van der Waals surface area contributed by atoms with E-state index in [-0.39, 0.29) is 0 Å². The van der Waals surface area contributed by atoms with Crippen molar-refractivity contribution in [1.82, 2.24) is 9.97 Å². The number of para-hydroxylation sites is 1. The number of nitrogen functional groups attached to an aromatic ring is 1. The summed E-state index contributed by atoms with van der Waals surface area (Å²) in [5.74, 6) is 0.651. The molecule has 4 aromatic rings. The Hall–Kier alpha value is -2.80. The van der Waals surface area contributed by atoms with Crippen LogP contribution in [0.5, 0.6) is 5.75 Å². The van der Waals surface area contributed by atoms with Crippen molar-refractivity contribution in [3.63, 3.8) is 0 Å². The van der Waals surface area contributed by atoms with Crippen molar-refractivity contribution in [3.05, 3.63) is 35.9 Å². The van der Waals surface area contributed by atoms with Gasteiger partial charge in [0.25, 0.3) is 0 Å². The van der Waals surface area contributed by atoms with Gasteiger partial charge in [-0.3, -0.25) is 5.32 Å². The Morgan fingerprint density at radius 3 is 2.91 bits per heavy atom. The van der Waals surface area contributed by atoms with E-state index in [1.54, 1.807) is 13.2 Å². The standard InChI is InChI=1S/C16H14N4O2S/c1-8-4-3-5-10-14(8)22-15(18-10)20-16-19-13-11(21-2)6-9(17)7-12(13)23-16/h3-7H,17H2,1-2H3,(H,18,19,20). The van der Waals surface area contributed by atoms with E-state index >= 15 is 0 Å². The molecule has 0 atom stereocenters. The third kappa shape index (κ3) is 2.35. The molecule has 0 saturated carbocycles. The zero-order chi connectivity index (χ0) is 16.0. The minimum atomic E-state index is 0.417. The van der Waals surface area contributed by atoms with E-state index < -0.39 is 0 Å². The number of anilines is 3. The van der Waals surface area contributed by atoms with Crippen LogP contribution in [0.3, 0.4) is 0 Å². The maximum absolute atomic E-state index is 5.88. The van der Waals surface area contributed by atoms with Crippen molar-refractivity contribution in [2.45, 2.75) is 6.92 Å². The minimum Gasteiger partial charge on any atom is -0.494 e. The van der Waals surface area contributed by atoms with Crippen molar-refractivity contribution in [3.8, 4) is 5.75 Å². The number of fused-ring (bicyclic) bond motifs is 2. The van der Waals surface area contributed by atoms with Crippen LogP contribution in [0.4, 0.5) is 16.8 Å². The number of hydrogen-bond donors (Lipinski definition) is 2. The molecule has 0 spiro atoms. The van der Waals surface area contributed by atoms with Gasteiger partial charge >= 0.3 is 6.01 Å². The Bertz CT molecular complexity index is 1020. The number of oxazole rings is 1. The van der Waals surface area contributed by atoms with Crippen LogP contribution >= 0.6 is 11.3 Å². The normalized spacial score (nSPS) is 11.2. The number of rotatable bonds is 3. The molecule has 0 unspecified atom stereocenters. The molecule has 0 aliphatic rings. The van der Waals surface area contributed by atoms with Gasteiger partial charge < -0.3 is 14.9 Å². The SMILES string of the molecule is COc1cc(N)cc2sc(Nc3nc4cccc(C)c4o3)nc12. The van der Waals surface area contributed by atoms with E-state index in [9.17, 15) is 0 Å². The van der Waals surface area contributed by atoms with Gasteiger partial charge in [0.05, 0.1) is 11.8 Å². The first-order chi connectivity index (χ1) is 11.1. The first kappa shape index (κ1) is 13.8. The molecule has 4 rings (SSSR count). The predicted molar refractivity (Wildman–Crippen MR) is 92.6 cm³/mol. The summed E-state index contributed by atoms with van der Waals surface area (Å²) in [4.78, 5) is 8.97. The number of aromatic nitrogens is 2. The lowest BCUT2D eigenvalue weighted by atomic mass is 10.2. The van der Waals surface area contributed by atoms with Gasteiger partial charge in [0.2, 0.25) is 0 Å². The second kappa shape index (κ2) is 5.13. The number of nitrogens with zero attached hydrogens (tertiary/aromatic N) is 2. The van der Waals surface area contributed by atoms with Crippen LogP contribution in [0, 0.1) is 6.92 Å². The van der Waals surface area contributed by atoms with Gasteiger partial charge in [0, 0.05) is 11.8 Å². The molecule has 0 aliphatic heterocycles. The van der Waals surface area contributed by atoms with Gasteiger partial charge in [-0.2, -0.15) is 4.98 Å². The Balaban J connectivity index is 1.75. The predicted octanol–water partition coefficient (Wildman–Crippen LogP) is 4.08. The van der Waals surface area contributed by atoms with Crippen LogP contribution in [0.25, 0.3) is 21.3 Å². The molecule has 7 heteroatoms. The number of thiazole rings is 1. The van der Waals surface area contributed by atoms with E-state index in [0.29, 0.717) is 22.6 Å². The van der Waals surface area contributed by atoms with E-state index in [4.69, 9.17) is 14.9 Å². The van der Waals surface area contributed by atoms with Gasteiger partial charge in [0.15, 0.2) is 10.7 Å². The van der Waals surface area contributed by atoms with E-state index in [1.807, 2.05) is 31.2 Å². The Kier molecular flexibility index (Phi) is 3.09. The second-order valence-corrected chi connectivity index (χ2v) is 6.19. The molecule has 23 heavy (non-hydrogen) atoms. The Morgan fingerprint density at radius 2 is 2.13 bits per heavy atom. The zero-order valence-corrected chi connectivity index (χ0v) is 13.4. The molecule has 0 amide bonds. The molecule has 0 aliphatic carbocycles. The number of nitrogens with two attached hydrogens (primary N) is 1. The zero-order valence-electron chi connectivity index (χ0n) is 12.6. The first-order valence-corrected chi connectivity index (χ1v) is 7.83. The van der Waals surface area contributed by atoms with Crippen LogP contribution in [0.2, 0.25) is 0 Å². The fourth-order valence-electron chi connectivity index (χ4n) is 2.46. The van der Waals surface area contributed by atoms with Gasteiger partial charge in [-0.05, 0) is 24.6 Å². The maximum Gasteiger partial charge on any atom is 0.302 e. The first-order valence-electron chi connectivity index (χ1n) is 7.01. The Labute approximate surface area is 135 Å². The molecule has 0 bridgehead atoms. The third-order valence-corrected chi connectivity index (χ3v) is 4.45. The lowest BCUT2D eigenvalue weighted by Gasteiger charge is -2.01. The molecule has 116 valence electrons. The average molecular weight is 326 g/mol. The summed E-state index contributed by atoms with van der Waals surface area (Å²) in [6.07, 6.45) is 0. The summed E-state index contributed by atoms with van der Waals surface area (Å²) >= 11 is 1.47. The molecule has 0 fully saturated rings. The highest BCUT2D eigenvalue weighted by Gasteiger charge is 2.13. The summed E-state index contributed by atoms with van der Waals surface area (Å²) < 4.78 is 12.0. The van der Waals surface area contributed by atoms with Crippen molar-refractivity contribution in [2.75, 3.05) is 18.2 Å². The summed E-state index contributed by atoms with van der Waals surface area (Å²) in [6, 6.07) is 9.91. The number of aryl methyl sites for hydroxylation is 1. The van der Waals surface area contributed by atoms with Gasteiger partial charge in [-0.1, -0.05) is 23.5 Å². The quantitative estimate of drug-likeness (QED) is 0.552. The van der Waals surface area contributed by atoms with Crippen LogP contribution < -0.4 is 15.8 Å². The molecule has 6 nitrogen and oxygen atoms in total. The number of nitrogens with one attached hydrogen (secondary N) is 1. The molecule has 2 aromatic heterocycles. The molecular formula is C16H14N4O2S. The van der Waals surface area contributed by atoms with Crippen LogP contribution in [-0.2, 0) is 0 Å². The molecule has 2 aromatic carbocycles. The molecule has 3 N–H and O–H groups in total. The van der Waals surface area contributed by atoms with Crippen molar-refractivity contribution in [2.24, 2.45) is 0 Å². The number of hydrogen-bond acceptors (Lipinski definition) is 7. The monoisotopic (exact) mass is 326 g/mol. The van der Waals surface area contributed by atoms with Crippen molar-refractivity contribution >= 4 is 49.5 Å². The highest BCUT2D eigenvalue weighted by molar-refractivity contribution is 7.22. The van der Waals surface area contributed by atoms with Crippen LogP contribution in [0.1, 0.15) is 5.56 Å². The largest absolute Gasteiger partial charge is 0.494 e. The molecule has 2 heterocycles. The van der Waals surface area contributed by atoms with Crippen molar-refractivity contribution in [1.29, 1.82) is 0 Å². The molecule has 0 radical (unpaired) electrons. The highest BCUT2D eigenvalue weighted by Crippen LogP contribution is 2.36. The summed E-state index contributed by atoms with van der Waals surface area (Å²) in [6.45, 7) is 1.99. The molecule has 0 saturated heterocycles. The van der Waals surface area contributed by atoms with Gasteiger partial charge in [-0.15, -0.1) is 0 Å². The lowest BCUT2D eigenvalue weighted by Crippen LogP contribution is -1.90. The van der Waals surface area contributed by atoms with Crippen LogP contribution in [-0.4, -0.2) is 17.1 Å².